The summed E-state index contributed by atoms with van der Waals surface area (Å²) in [7, 11) is -3.86. The van der Waals surface area contributed by atoms with E-state index in [1.54, 1.807) is 33.8 Å². The van der Waals surface area contributed by atoms with Crippen molar-refractivity contribution in [2.45, 2.75) is 38.6 Å². The normalized spacial score (nSPS) is 12.1. The van der Waals surface area contributed by atoms with Gasteiger partial charge in [-0.25, -0.2) is 13.2 Å². The number of aryl methyl sites for hydroxylation is 2. The fourth-order valence-corrected chi connectivity index (χ4v) is 4.08. The third kappa shape index (κ3) is 3.61. The molecule has 0 saturated carbocycles. The Hall–Kier alpha value is -1.44. The molecule has 1 aromatic rings. The van der Waals surface area contributed by atoms with E-state index in [-0.39, 0.29) is 29.7 Å². The molecule has 7 heteroatoms. The monoisotopic (exact) mass is 315 g/mol. The molecule has 118 valence electrons. The number of rotatable bonds is 6. The lowest BCUT2D eigenvalue weighted by Gasteiger charge is -2.26. The second-order valence-corrected chi connectivity index (χ2v) is 7.03. The predicted molar refractivity (Wildman–Crippen MR) is 79.0 cm³/mol. The highest BCUT2D eigenvalue weighted by Crippen LogP contribution is 2.25. The van der Waals surface area contributed by atoms with Crippen LogP contribution in [0.5, 0.6) is 0 Å². The number of benzene rings is 1. The van der Waals surface area contributed by atoms with E-state index in [1.165, 1.54) is 6.07 Å². The van der Waals surface area contributed by atoms with Gasteiger partial charge >= 0.3 is 5.97 Å². The van der Waals surface area contributed by atoms with Crippen molar-refractivity contribution in [1.29, 1.82) is 0 Å². The average molecular weight is 315 g/mol. The highest BCUT2D eigenvalue weighted by atomic mass is 32.2. The first-order valence-electron chi connectivity index (χ1n) is 6.60. The van der Waals surface area contributed by atoms with Gasteiger partial charge < -0.3 is 10.2 Å². The quantitative estimate of drug-likeness (QED) is 0.827. The molecule has 1 rings (SSSR count). The number of sulfonamides is 1. The number of carboxylic acids is 1. The Morgan fingerprint density at radius 2 is 1.81 bits per heavy atom. The van der Waals surface area contributed by atoms with Crippen LogP contribution in [0.25, 0.3) is 0 Å². The van der Waals surface area contributed by atoms with Crippen molar-refractivity contribution in [1.82, 2.24) is 4.31 Å². The average Bonchev–Trinajstić information content (AvgIpc) is 2.34. The summed E-state index contributed by atoms with van der Waals surface area (Å²) in [4.78, 5) is 11.2. The molecule has 1 aromatic carbocycles. The molecular formula is C14H21NO5S. The zero-order valence-corrected chi connectivity index (χ0v) is 13.4. The smallest absolute Gasteiger partial charge is 0.335 e. The molecule has 6 nitrogen and oxygen atoms in total. The molecule has 2 N–H and O–H groups in total. The molecule has 0 aliphatic carbocycles. The minimum Gasteiger partial charge on any atom is -0.478 e. The Bertz CT molecular complexity index is 637. The summed E-state index contributed by atoms with van der Waals surface area (Å²) in [6.07, 6.45) is 0. The molecule has 0 radical (unpaired) electrons. The van der Waals surface area contributed by atoms with Crippen LogP contribution in [0.1, 0.15) is 35.3 Å². The second kappa shape index (κ2) is 6.55. The van der Waals surface area contributed by atoms with Gasteiger partial charge in [0.2, 0.25) is 10.0 Å². The van der Waals surface area contributed by atoms with Gasteiger partial charge in [-0.1, -0.05) is 6.07 Å². The van der Waals surface area contributed by atoms with Crippen LogP contribution in [0.3, 0.4) is 0 Å². The largest absolute Gasteiger partial charge is 0.478 e. The van der Waals surface area contributed by atoms with Crippen LogP contribution in [0.4, 0.5) is 0 Å². The van der Waals surface area contributed by atoms with Crippen LogP contribution in [0.2, 0.25) is 0 Å². The molecule has 0 spiro atoms. The fraction of sp³-hybridized carbons (Fsp3) is 0.500. The van der Waals surface area contributed by atoms with Crippen molar-refractivity contribution in [3.8, 4) is 0 Å². The molecule has 0 unspecified atom stereocenters. The maximum Gasteiger partial charge on any atom is 0.335 e. The number of carbonyl (C=O) groups is 1. The van der Waals surface area contributed by atoms with Gasteiger partial charge in [-0.2, -0.15) is 4.31 Å². The van der Waals surface area contributed by atoms with Gasteiger partial charge in [0, 0.05) is 12.6 Å². The molecule has 0 heterocycles. The number of hydrogen-bond donors (Lipinski definition) is 2. The van der Waals surface area contributed by atoms with Gasteiger partial charge in [-0.05, 0) is 44.9 Å². The molecule has 0 fully saturated rings. The lowest BCUT2D eigenvalue weighted by atomic mass is 10.1. The van der Waals surface area contributed by atoms with Crippen LogP contribution in [-0.4, -0.2) is 48.1 Å². The molecule has 0 aliphatic heterocycles. The van der Waals surface area contributed by atoms with Gasteiger partial charge in [0.25, 0.3) is 0 Å². The number of aliphatic hydroxyl groups excluding tert-OH is 1. The number of hydrogen-bond acceptors (Lipinski definition) is 4. The summed E-state index contributed by atoms with van der Waals surface area (Å²) in [5, 5.41) is 18.2. The summed E-state index contributed by atoms with van der Waals surface area (Å²) >= 11 is 0. The van der Waals surface area contributed by atoms with E-state index in [2.05, 4.69) is 0 Å². The summed E-state index contributed by atoms with van der Waals surface area (Å²) < 4.78 is 26.5. The highest BCUT2D eigenvalue weighted by Gasteiger charge is 2.29. The predicted octanol–water partition coefficient (Wildman–Crippen LogP) is 1.39. The van der Waals surface area contributed by atoms with E-state index in [4.69, 9.17) is 10.2 Å². The first-order valence-corrected chi connectivity index (χ1v) is 8.04. The lowest BCUT2D eigenvalue weighted by molar-refractivity contribution is 0.0696. The van der Waals surface area contributed by atoms with Crippen LogP contribution in [-0.2, 0) is 10.0 Å². The number of aliphatic hydroxyl groups is 1. The van der Waals surface area contributed by atoms with Crippen molar-refractivity contribution in [3.05, 3.63) is 28.8 Å². The molecule has 21 heavy (non-hydrogen) atoms. The zero-order valence-electron chi connectivity index (χ0n) is 12.6. The van der Waals surface area contributed by atoms with Gasteiger partial charge in [0.15, 0.2) is 0 Å². The highest BCUT2D eigenvalue weighted by molar-refractivity contribution is 7.89. The maximum atomic E-state index is 12.7. The van der Waals surface area contributed by atoms with Crippen molar-refractivity contribution in [2.75, 3.05) is 13.2 Å². The first-order chi connectivity index (χ1) is 9.62. The fourth-order valence-electron chi connectivity index (χ4n) is 2.22. The molecule has 0 saturated heterocycles. The molecule has 0 bridgehead atoms. The van der Waals surface area contributed by atoms with Crippen LogP contribution in [0.15, 0.2) is 17.0 Å². The van der Waals surface area contributed by atoms with Crippen LogP contribution in [0, 0.1) is 13.8 Å². The van der Waals surface area contributed by atoms with Crippen molar-refractivity contribution in [2.24, 2.45) is 0 Å². The molecule has 0 amide bonds. The Balaban J connectivity index is 3.50. The van der Waals surface area contributed by atoms with Gasteiger partial charge in [-0.15, -0.1) is 0 Å². The van der Waals surface area contributed by atoms with Crippen molar-refractivity contribution in [3.63, 3.8) is 0 Å². The van der Waals surface area contributed by atoms with E-state index in [9.17, 15) is 13.2 Å². The summed E-state index contributed by atoms with van der Waals surface area (Å²) in [5.41, 5.74) is 0.963. The van der Waals surface area contributed by atoms with E-state index < -0.39 is 16.0 Å². The van der Waals surface area contributed by atoms with Crippen molar-refractivity contribution < 1.29 is 23.4 Å². The first kappa shape index (κ1) is 17.6. The Morgan fingerprint density at radius 3 is 2.24 bits per heavy atom. The zero-order chi connectivity index (χ0) is 16.4. The van der Waals surface area contributed by atoms with E-state index >= 15 is 0 Å². The second-order valence-electron chi connectivity index (χ2n) is 5.17. The van der Waals surface area contributed by atoms with Crippen LogP contribution >= 0.6 is 0 Å². The van der Waals surface area contributed by atoms with Gasteiger partial charge in [-0.3, -0.25) is 0 Å². The van der Waals surface area contributed by atoms with Crippen LogP contribution < -0.4 is 0 Å². The van der Waals surface area contributed by atoms with E-state index in [0.717, 1.165) is 4.31 Å². The maximum absolute atomic E-state index is 12.7. The Morgan fingerprint density at radius 1 is 1.24 bits per heavy atom. The lowest BCUT2D eigenvalue weighted by Crippen LogP contribution is -2.39. The van der Waals surface area contributed by atoms with E-state index in [0.29, 0.717) is 11.1 Å². The summed E-state index contributed by atoms with van der Waals surface area (Å²) in [5.74, 6) is -1.16. The SMILES string of the molecule is Cc1cc(C)c(S(=O)(=O)N(CCO)C(C)C)cc1C(=O)O. The Labute approximate surface area is 125 Å². The molecule has 0 atom stereocenters. The number of aromatic carboxylic acids is 1. The van der Waals surface area contributed by atoms with Gasteiger partial charge in [0.1, 0.15) is 0 Å². The third-order valence-corrected chi connectivity index (χ3v) is 5.45. The van der Waals surface area contributed by atoms with Crippen molar-refractivity contribution >= 4 is 16.0 Å². The topological polar surface area (TPSA) is 94.9 Å². The third-order valence-electron chi connectivity index (χ3n) is 3.24. The Kier molecular flexibility index (Phi) is 5.49. The molecule has 0 aliphatic rings. The minimum absolute atomic E-state index is 0.0320. The standard InChI is InChI=1S/C14H21NO5S/c1-9(2)15(5-6-16)21(19,20)13-8-12(14(17)18)10(3)7-11(13)4/h7-9,16H,5-6H2,1-4H3,(H,17,18). The summed E-state index contributed by atoms with van der Waals surface area (Å²) in [6.45, 7) is 6.33. The van der Waals surface area contributed by atoms with Gasteiger partial charge in [0.05, 0.1) is 17.1 Å². The van der Waals surface area contributed by atoms with E-state index in [1.807, 2.05) is 0 Å². The minimum atomic E-state index is -3.86. The number of carboxylic acid groups (broad SMARTS) is 1. The number of nitrogens with zero attached hydrogens (tertiary/aromatic N) is 1. The molecule has 0 aromatic heterocycles. The summed E-state index contributed by atoms with van der Waals surface area (Å²) in [6, 6.07) is 2.40. The molecular weight excluding hydrogens is 294 g/mol.